The summed E-state index contributed by atoms with van der Waals surface area (Å²) in [5.41, 5.74) is 1.27. The van der Waals surface area contributed by atoms with Gasteiger partial charge < -0.3 is 10.0 Å². The van der Waals surface area contributed by atoms with E-state index in [9.17, 15) is 22.8 Å². The molecule has 0 bridgehead atoms. The minimum absolute atomic E-state index is 0.0489. The van der Waals surface area contributed by atoms with E-state index in [0.29, 0.717) is 12.0 Å². The van der Waals surface area contributed by atoms with Gasteiger partial charge in [0, 0.05) is 13.0 Å². The molecule has 0 saturated carbocycles. The van der Waals surface area contributed by atoms with Crippen molar-refractivity contribution in [1.29, 1.82) is 0 Å². The predicted molar refractivity (Wildman–Crippen MR) is 107 cm³/mol. The van der Waals surface area contributed by atoms with Crippen molar-refractivity contribution >= 4 is 18.0 Å². The van der Waals surface area contributed by atoms with Crippen molar-refractivity contribution < 1.29 is 27.9 Å². The lowest BCUT2D eigenvalue weighted by atomic mass is 10.1. The van der Waals surface area contributed by atoms with Crippen molar-refractivity contribution in [2.75, 3.05) is 6.54 Å². The van der Waals surface area contributed by atoms with E-state index in [1.54, 1.807) is 42.5 Å². The molecule has 0 unspecified atom stereocenters. The Bertz CT molecular complexity index is 985. The smallest absolute Gasteiger partial charge is 0.335 e. The van der Waals surface area contributed by atoms with Crippen LogP contribution in [0, 0.1) is 0 Å². The molecule has 1 fully saturated rings. The van der Waals surface area contributed by atoms with E-state index in [2.05, 4.69) is 0 Å². The number of hydrogen-bond donors (Lipinski definition) is 1. The van der Waals surface area contributed by atoms with Gasteiger partial charge in [-0.15, -0.1) is 0 Å². The Kier molecular flexibility index (Phi) is 6.72. The number of hydrogen-bond acceptors (Lipinski definition) is 2. The lowest BCUT2D eigenvalue weighted by Crippen LogP contribution is -2.35. The van der Waals surface area contributed by atoms with Gasteiger partial charge in [-0.2, -0.15) is 0 Å². The average Bonchev–Trinajstić information content (AvgIpc) is 3.12. The predicted octanol–water partition coefficient (Wildman–Crippen LogP) is 5.08. The first kappa shape index (κ1) is 21.4. The van der Waals surface area contributed by atoms with Gasteiger partial charge in [0.05, 0.1) is 11.6 Å². The summed E-state index contributed by atoms with van der Waals surface area (Å²) in [6.45, 7) is 0.112. The second kappa shape index (κ2) is 9.43. The van der Waals surface area contributed by atoms with Gasteiger partial charge in [0.1, 0.15) is 0 Å². The number of amides is 1. The van der Waals surface area contributed by atoms with Gasteiger partial charge in [0.15, 0.2) is 17.5 Å². The third-order valence-electron chi connectivity index (χ3n) is 4.98. The molecule has 0 aromatic heterocycles. The number of allylic oxidation sites excluding steroid dienone is 2. The molecule has 1 amide bonds. The number of carboxylic acid groups (broad SMARTS) is 1. The largest absolute Gasteiger partial charge is 0.478 e. The van der Waals surface area contributed by atoms with Crippen LogP contribution >= 0.6 is 0 Å². The molecule has 1 heterocycles. The van der Waals surface area contributed by atoms with Crippen LogP contribution < -0.4 is 0 Å². The molecule has 0 aliphatic carbocycles. The fourth-order valence-electron chi connectivity index (χ4n) is 3.36. The Labute approximate surface area is 171 Å². The summed E-state index contributed by atoms with van der Waals surface area (Å²) in [6, 6.07) is 13.1. The van der Waals surface area contributed by atoms with Crippen LogP contribution in [0.2, 0.25) is 0 Å². The lowest BCUT2D eigenvalue weighted by molar-refractivity contribution is -0.128. The van der Waals surface area contributed by atoms with Crippen LogP contribution in [0.4, 0.5) is 13.2 Å². The first-order valence-corrected chi connectivity index (χ1v) is 9.46. The maximum Gasteiger partial charge on any atom is 0.335 e. The summed E-state index contributed by atoms with van der Waals surface area (Å²) in [7, 11) is 0. The third kappa shape index (κ3) is 4.97. The van der Waals surface area contributed by atoms with E-state index in [1.165, 1.54) is 17.0 Å². The monoisotopic (exact) mass is 415 g/mol. The number of rotatable bonds is 7. The number of carbonyl (C=O) groups is 2. The number of carboxylic acids is 1. The Hall–Kier alpha value is -3.35. The fraction of sp³-hybridized carbons (Fsp3) is 0.217. The van der Waals surface area contributed by atoms with E-state index in [1.807, 2.05) is 0 Å². The zero-order valence-electron chi connectivity index (χ0n) is 16.0. The Balaban J connectivity index is 1.73. The number of benzene rings is 2. The van der Waals surface area contributed by atoms with Gasteiger partial charge in [0.2, 0.25) is 5.91 Å². The molecule has 4 nitrogen and oxygen atoms in total. The van der Waals surface area contributed by atoms with E-state index in [0.717, 1.165) is 11.6 Å². The van der Waals surface area contributed by atoms with Crippen molar-refractivity contribution in [2.45, 2.75) is 25.3 Å². The SMILES string of the molecule is O=C(O)c1ccc(CCN2C(=O)CC[C@@H]2/C(F)=C(F)/C(F)=C/c2ccccc2)cc1. The molecule has 2 aromatic carbocycles. The number of aromatic carboxylic acids is 1. The van der Waals surface area contributed by atoms with E-state index in [4.69, 9.17) is 5.11 Å². The molecule has 2 aromatic rings. The summed E-state index contributed by atoms with van der Waals surface area (Å²) in [5.74, 6) is -5.62. The second-order valence-electron chi connectivity index (χ2n) is 6.96. The quantitative estimate of drug-likeness (QED) is 0.642. The molecule has 1 aliphatic heterocycles. The van der Waals surface area contributed by atoms with Gasteiger partial charge in [-0.05, 0) is 42.2 Å². The summed E-state index contributed by atoms with van der Waals surface area (Å²) in [4.78, 5) is 24.3. The maximum atomic E-state index is 14.7. The highest BCUT2D eigenvalue weighted by Gasteiger charge is 2.36. The minimum atomic E-state index is -1.60. The van der Waals surface area contributed by atoms with E-state index in [-0.39, 0.29) is 30.9 Å². The zero-order chi connectivity index (χ0) is 21.7. The standard InChI is InChI=1S/C23H20F3NO3/c24-18(14-16-4-2-1-3-5-16)21(25)22(26)19-10-11-20(28)27(19)13-12-15-6-8-17(9-7-15)23(29)30/h1-9,14,19H,10-13H2,(H,29,30)/b18-14-,22-21+/t19-/m1/s1. The van der Waals surface area contributed by atoms with E-state index < -0.39 is 29.5 Å². The van der Waals surface area contributed by atoms with Gasteiger partial charge in [-0.1, -0.05) is 42.5 Å². The van der Waals surface area contributed by atoms with Crippen LogP contribution in [0.1, 0.15) is 34.3 Å². The van der Waals surface area contributed by atoms with Crippen LogP contribution in [0.5, 0.6) is 0 Å². The van der Waals surface area contributed by atoms with Crippen LogP contribution in [0.3, 0.4) is 0 Å². The Morgan fingerprint density at radius 1 is 1.07 bits per heavy atom. The Morgan fingerprint density at radius 3 is 2.37 bits per heavy atom. The second-order valence-corrected chi connectivity index (χ2v) is 6.96. The lowest BCUT2D eigenvalue weighted by Gasteiger charge is -2.24. The number of carbonyl (C=O) groups excluding carboxylic acids is 1. The van der Waals surface area contributed by atoms with Gasteiger partial charge in [-0.25, -0.2) is 18.0 Å². The Morgan fingerprint density at radius 2 is 1.73 bits per heavy atom. The highest BCUT2D eigenvalue weighted by molar-refractivity contribution is 5.87. The molecule has 0 spiro atoms. The van der Waals surface area contributed by atoms with Crippen LogP contribution in [0.25, 0.3) is 6.08 Å². The normalized spacial score (nSPS) is 17.8. The van der Waals surface area contributed by atoms with Crippen LogP contribution in [-0.2, 0) is 11.2 Å². The number of likely N-dealkylation sites (tertiary alicyclic amines) is 1. The van der Waals surface area contributed by atoms with Crippen molar-refractivity contribution in [3.8, 4) is 0 Å². The summed E-state index contributed by atoms with van der Waals surface area (Å²) in [5, 5.41) is 8.93. The van der Waals surface area contributed by atoms with Gasteiger partial charge >= 0.3 is 5.97 Å². The highest BCUT2D eigenvalue weighted by Crippen LogP contribution is 2.32. The van der Waals surface area contributed by atoms with Crippen molar-refractivity contribution in [2.24, 2.45) is 0 Å². The van der Waals surface area contributed by atoms with Crippen molar-refractivity contribution in [3.63, 3.8) is 0 Å². The van der Waals surface area contributed by atoms with Gasteiger partial charge in [0.25, 0.3) is 0 Å². The molecule has 1 N–H and O–H groups in total. The summed E-state index contributed by atoms with van der Waals surface area (Å²) < 4.78 is 43.3. The first-order valence-electron chi connectivity index (χ1n) is 9.46. The molecule has 1 atom stereocenters. The topological polar surface area (TPSA) is 57.6 Å². The number of halogens is 3. The molecule has 1 aliphatic rings. The van der Waals surface area contributed by atoms with Crippen molar-refractivity contribution in [1.82, 2.24) is 4.90 Å². The molecular formula is C23H20F3NO3. The maximum absolute atomic E-state index is 14.7. The average molecular weight is 415 g/mol. The molecule has 156 valence electrons. The molecule has 7 heteroatoms. The minimum Gasteiger partial charge on any atom is -0.478 e. The van der Waals surface area contributed by atoms with Gasteiger partial charge in [-0.3, -0.25) is 4.79 Å². The van der Waals surface area contributed by atoms with Crippen LogP contribution in [-0.4, -0.2) is 34.5 Å². The summed E-state index contributed by atoms with van der Waals surface area (Å²) >= 11 is 0. The molecule has 30 heavy (non-hydrogen) atoms. The third-order valence-corrected chi connectivity index (χ3v) is 4.98. The van der Waals surface area contributed by atoms with Crippen LogP contribution in [0.15, 0.2) is 72.1 Å². The molecular weight excluding hydrogens is 395 g/mol. The first-order chi connectivity index (χ1) is 14.4. The summed E-state index contributed by atoms with van der Waals surface area (Å²) in [6.07, 6.45) is 1.35. The van der Waals surface area contributed by atoms with Crippen molar-refractivity contribution in [3.05, 3.63) is 88.8 Å². The highest BCUT2D eigenvalue weighted by atomic mass is 19.2. The molecule has 3 rings (SSSR count). The number of nitrogens with zero attached hydrogens (tertiary/aromatic N) is 1. The van der Waals surface area contributed by atoms with E-state index >= 15 is 0 Å². The molecule has 0 radical (unpaired) electrons. The zero-order valence-corrected chi connectivity index (χ0v) is 16.0. The molecule has 1 saturated heterocycles. The fourth-order valence-corrected chi connectivity index (χ4v) is 3.36.